The van der Waals surface area contributed by atoms with Crippen molar-refractivity contribution in [3.8, 4) is 11.5 Å². The van der Waals surface area contributed by atoms with Gasteiger partial charge in [0.05, 0.1) is 11.2 Å². The number of fused-ring (bicyclic) bond motifs is 2. The molecule has 0 bridgehead atoms. The second-order valence-electron chi connectivity index (χ2n) is 7.51. The summed E-state index contributed by atoms with van der Waals surface area (Å²) in [5.41, 5.74) is 2.71. The van der Waals surface area contributed by atoms with Gasteiger partial charge in [0, 0.05) is 29.1 Å². The highest BCUT2D eigenvalue weighted by Crippen LogP contribution is 2.35. The standard InChI is InChI=1S/C22H22ClN3O3/c23-15-2-3-18-17(10-15)19(11-22(27)25-18)26(16-5-7-24-8-6-16)12-14-1-4-20-21(9-14)29-13-28-20/h1-4,9-11,16,24H,5-8,12-13H2,(H,25,27). The summed E-state index contributed by atoms with van der Waals surface area (Å²) in [6.45, 7) is 2.86. The Morgan fingerprint density at radius 3 is 2.72 bits per heavy atom. The molecule has 0 unspecified atom stereocenters. The summed E-state index contributed by atoms with van der Waals surface area (Å²) >= 11 is 6.29. The molecular weight excluding hydrogens is 390 g/mol. The number of nitrogens with zero attached hydrogens (tertiary/aromatic N) is 1. The Morgan fingerprint density at radius 1 is 1.03 bits per heavy atom. The number of H-pyrrole nitrogens is 1. The molecule has 0 radical (unpaired) electrons. The van der Waals surface area contributed by atoms with Crippen LogP contribution < -0.4 is 25.2 Å². The molecule has 0 amide bonds. The van der Waals surface area contributed by atoms with E-state index in [1.165, 1.54) is 0 Å². The highest BCUT2D eigenvalue weighted by Gasteiger charge is 2.24. The van der Waals surface area contributed by atoms with E-state index in [-0.39, 0.29) is 12.4 Å². The molecule has 1 saturated heterocycles. The number of halogens is 1. The van der Waals surface area contributed by atoms with Gasteiger partial charge in [-0.05, 0) is 61.8 Å². The van der Waals surface area contributed by atoms with Gasteiger partial charge >= 0.3 is 0 Å². The molecule has 150 valence electrons. The molecule has 6 nitrogen and oxygen atoms in total. The Hall–Kier alpha value is -2.70. The Morgan fingerprint density at radius 2 is 1.86 bits per heavy atom. The molecule has 0 aliphatic carbocycles. The van der Waals surface area contributed by atoms with Crippen LogP contribution in [0.5, 0.6) is 11.5 Å². The normalized spacial score (nSPS) is 16.3. The van der Waals surface area contributed by atoms with Gasteiger partial charge < -0.3 is 24.7 Å². The van der Waals surface area contributed by atoms with E-state index in [1.807, 2.05) is 24.3 Å². The van der Waals surface area contributed by atoms with Crippen molar-refractivity contribution in [2.75, 3.05) is 24.8 Å². The van der Waals surface area contributed by atoms with Crippen molar-refractivity contribution in [1.29, 1.82) is 0 Å². The predicted molar refractivity (Wildman–Crippen MR) is 114 cm³/mol. The van der Waals surface area contributed by atoms with Crippen LogP contribution in [0.15, 0.2) is 47.3 Å². The van der Waals surface area contributed by atoms with E-state index >= 15 is 0 Å². The zero-order chi connectivity index (χ0) is 19.8. The molecule has 1 aromatic heterocycles. The van der Waals surface area contributed by atoms with E-state index in [9.17, 15) is 4.79 Å². The Bertz CT molecular complexity index is 1110. The first-order chi connectivity index (χ1) is 14.2. The van der Waals surface area contributed by atoms with Crippen molar-refractivity contribution < 1.29 is 9.47 Å². The van der Waals surface area contributed by atoms with Gasteiger partial charge in [0.2, 0.25) is 12.4 Å². The summed E-state index contributed by atoms with van der Waals surface area (Å²) in [5, 5.41) is 5.03. The van der Waals surface area contributed by atoms with Crippen molar-refractivity contribution in [1.82, 2.24) is 10.3 Å². The fourth-order valence-corrected chi connectivity index (χ4v) is 4.38. The zero-order valence-electron chi connectivity index (χ0n) is 15.9. The number of aromatic nitrogens is 1. The minimum Gasteiger partial charge on any atom is -0.454 e. The first-order valence-electron chi connectivity index (χ1n) is 9.86. The first-order valence-corrected chi connectivity index (χ1v) is 10.2. The van der Waals surface area contributed by atoms with Crippen molar-refractivity contribution in [3.05, 3.63) is 63.4 Å². The molecule has 0 saturated carbocycles. The molecule has 0 atom stereocenters. The number of aromatic amines is 1. The first kappa shape index (κ1) is 18.3. The van der Waals surface area contributed by atoms with Crippen LogP contribution in [0.1, 0.15) is 18.4 Å². The number of hydrogen-bond donors (Lipinski definition) is 2. The smallest absolute Gasteiger partial charge is 0.250 e. The van der Waals surface area contributed by atoms with Gasteiger partial charge in [0.1, 0.15) is 0 Å². The fourth-order valence-electron chi connectivity index (χ4n) is 4.21. The molecule has 29 heavy (non-hydrogen) atoms. The van der Waals surface area contributed by atoms with Gasteiger partial charge in [0.25, 0.3) is 0 Å². The molecule has 3 heterocycles. The van der Waals surface area contributed by atoms with Crippen LogP contribution in [0.3, 0.4) is 0 Å². The Labute approximate surface area is 173 Å². The van der Waals surface area contributed by atoms with E-state index in [0.29, 0.717) is 17.6 Å². The molecule has 2 aliphatic heterocycles. The number of nitrogens with one attached hydrogen (secondary N) is 2. The van der Waals surface area contributed by atoms with Gasteiger partial charge in [-0.25, -0.2) is 0 Å². The third-order valence-corrected chi connectivity index (χ3v) is 5.87. The lowest BCUT2D eigenvalue weighted by molar-refractivity contribution is 0.174. The number of rotatable bonds is 4. The molecule has 2 N–H and O–H groups in total. The number of piperidine rings is 1. The molecule has 7 heteroatoms. The highest BCUT2D eigenvalue weighted by molar-refractivity contribution is 6.31. The molecule has 1 fully saturated rings. The Kier molecular flexibility index (Phi) is 4.81. The second kappa shape index (κ2) is 7.61. The number of hydrogen-bond acceptors (Lipinski definition) is 5. The lowest BCUT2D eigenvalue weighted by Gasteiger charge is -2.37. The summed E-state index contributed by atoms with van der Waals surface area (Å²) in [7, 11) is 0. The number of ether oxygens (including phenoxy) is 2. The minimum atomic E-state index is -0.112. The van der Waals surface area contributed by atoms with Gasteiger partial charge in [-0.15, -0.1) is 0 Å². The largest absolute Gasteiger partial charge is 0.454 e. The highest BCUT2D eigenvalue weighted by atomic mass is 35.5. The van der Waals surface area contributed by atoms with Crippen LogP contribution in [0.25, 0.3) is 10.9 Å². The van der Waals surface area contributed by atoms with Crippen molar-refractivity contribution >= 4 is 28.2 Å². The van der Waals surface area contributed by atoms with Gasteiger partial charge in [-0.3, -0.25) is 4.79 Å². The van der Waals surface area contributed by atoms with Gasteiger partial charge in [-0.1, -0.05) is 17.7 Å². The van der Waals surface area contributed by atoms with Crippen molar-refractivity contribution in [2.24, 2.45) is 0 Å². The summed E-state index contributed by atoms with van der Waals surface area (Å²) in [5.74, 6) is 1.54. The monoisotopic (exact) mass is 411 g/mol. The summed E-state index contributed by atoms with van der Waals surface area (Å²) < 4.78 is 11.0. The maximum absolute atomic E-state index is 12.4. The van der Waals surface area contributed by atoms with E-state index in [2.05, 4.69) is 21.3 Å². The molecule has 3 aromatic rings. The van der Waals surface area contributed by atoms with E-state index in [1.54, 1.807) is 12.1 Å². The minimum absolute atomic E-state index is 0.112. The van der Waals surface area contributed by atoms with Crippen LogP contribution in [0.4, 0.5) is 5.69 Å². The molecule has 0 spiro atoms. The van der Waals surface area contributed by atoms with Crippen LogP contribution in [0.2, 0.25) is 5.02 Å². The van der Waals surface area contributed by atoms with E-state index in [0.717, 1.165) is 59.6 Å². The van der Waals surface area contributed by atoms with Gasteiger partial charge in [-0.2, -0.15) is 0 Å². The topological polar surface area (TPSA) is 66.6 Å². The average Bonchev–Trinajstić information content (AvgIpc) is 3.20. The number of anilines is 1. The zero-order valence-corrected chi connectivity index (χ0v) is 16.7. The van der Waals surface area contributed by atoms with E-state index < -0.39 is 0 Å². The molecule has 5 rings (SSSR count). The maximum atomic E-state index is 12.4. The predicted octanol–water partition coefficient (Wildman–Crippen LogP) is 3.67. The third-order valence-electron chi connectivity index (χ3n) is 5.63. The quantitative estimate of drug-likeness (QED) is 0.685. The Balaban J connectivity index is 1.60. The van der Waals surface area contributed by atoms with Crippen LogP contribution in [-0.2, 0) is 6.54 Å². The summed E-state index contributed by atoms with van der Waals surface area (Å²) in [6, 6.07) is 13.6. The fraction of sp³-hybridized carbons (Fsp3) is 0.318. The van der Waals surface area contributed by atoms with Crippen LogP contribution in [-0.4, -0.2) is 30.9 Å². The van der Waals surface area contributed by atoms with Crippen LogP contribution in [0, 0.1) is 0 Å². The molecular formula is C22H22ClN3O3. The SMILES string of the molecule is O=c1cc(N(Cc2ccc3c(c2)OCO3)C2CCNCC2)c2cc(Cl)ccc2[nH]1. The number of pyridine rings is 1. The average molecular weight is 412 g/mol. The maximum Gasteiger partial charge on any atom is 0.250 e. The molecule has 2 aliphatic rings. The third kappa shape index (κ3) is 3.66. The lowest BCUT2D eigenvalue weighted by Crippen LogP contribution is -2.43. The summed E-state index contributed by atoms with van der Waals surface area (Å²) in [4.78, 5) is 17.7. The number of benzene rings is 2. The molecule has 2 aromatic carbocycles. The van der Waals surface area contributed by atoms with E-state index in [4.69, 9.17) is 21.1 Å². The van der Waals surface area contributed by atoms with Gasteiger partial charge in [0.15, 0.2) is 11.5 Å². The lowest BCUT2D eigenvalue weighted by atomic mass is 10.0. The summed E-state index contributed by atoms with van der Waals surface area (Å²) in [6.07, 6.45) is 2.03. The van der Waals surface area contributed by atoms with Crippen molar-refractivity contribution in [2.45, 2.75) is 25.4 Å². The second-order valence-corrected chi connectivity index (χ2v) is 7.94. The van der Waals surface area contributed by atoms with Crippen LogP contribution >= 0.6 is 11.6 Å². The van der Waals surface area contributed by atoms with Crippen molar-refractivity contribution in [3.63, 3.8) is 0 Å².